The first-order valence-electron chi connectivity index (χ1n) is 5.11. The summed E-state index contributed by atoms with van der Waals surface area (Å²) in [6.07, 6.45) is 3.11. The molecule has 2 fully saturated rings. The third-order valence-electron chi connectivity index (χ3n) is 2.84. The number of hydrogen-bond donors (Lipinski definition) is 1. The molecule has 0 aromatic heterocycles. The van der Waals surface area contributed by atoms with Crippen LogP contribution in [0, 0.1) is 0 Å². The first-order valence-corrected chi connectivity index (χ1v) is 6.51. The van der Waals surface area contributed by atoms with E-state index in [9.17, 15) is 8.42 Å². The van der Waals surface area contributed by atoms with E-state index in [-0.39, 0.29) is 6.04 Å². The van der Waals surface area contributed by atoms with Crippen molar-refractivity contribution < 1.29 is 8.42 Å². The second-order valence-electron chi connectivity index (χ2n) is 4.04. The largest absolute Gasteiger partial charge is 0.325 e. The summed E-state index contributed by atoms with van der Waals surface area (Å²) in [6, 6.07) is 0.0366. The van der Waals surface area contributed by atoms with Gasteiger partial charge in [-0.1, -0.05) is 6.42 Å². The zero-order valence-electron chi connectivity index (χ0n) is 8.22. The molecule has 2 saturated heterocycles. The Bertz CT molecular complexity index is 292. The van der Waals surface area contributed by atoms with Gasteiger partial charge in [-0.15, -0.1) is 0 Å². The zero-order chi connectivity index (χ0) is 10.2. The van der Waals surface area contributed by atoms with Crippen molar-refractivity contribution in [2.45, 2.75) is 25.3 Å². The molecule has 0 aromatic carbocycles. The van der Waals surface area contributed by atoms with Crippen molar-refractivity contribution in [2.75, 3.05) is 26.2 Å². The Morgan fingerprint density at radius 1 is 1.00 bits per heavy atom. The summed E-state index contributed by atoms with van der Waals surface area (Å²) >= 11 is 0. The van der Waals surface area contributed by atoms with Crippen molar-refractivity contribution in [1.29, 1.82) is 0 Å². The molecule has 2 heterocycles. The first-order chi connectivity index (χ1) is 6.60. The first kappa shape index (κ1) is 10.4. The Labute approximate surface area is 85.0 Å². The summed E-state index contributed by atoms with van der Waals surface area (Å²) in [5, 5.41) is 0. The maximum atomic E-state index is 11.9. The molecule has 0 aromatic rings. The maximum absolute atomic E-state index is 11.9. The summed E-state index contributed by atoms with van der Waals surface area (Å²) in [4.78, 5) is 0. The summed E-state index contributed by atoms with van der Waals surface area (Å²) < 4.78 is 26.9. The van der Waals surface area contributed by atoms with Gasteiger partial charge in [0, 0.05) is 32.2 Å². The quantitative estimate of drug-likeness (QED) is 0.672. The fourth-order valence-corrected chi connectivity index (χ4v) is 3.72. The number of rotatable bonds is 2. The van der Waals surface area contributed by atoms with Crippen LogP contribution >= 0.6 is 0 Å². The van der Waals surface area contributed by atoms with Gasteiger partial charge in [0.15, 0.2) is 0 Å². The van der Waals surface area contributed by atoms with Crippen molar-refractivity contribution in [1.82, 2.24) is 8.61 Å². The highest BCUT2D eigenvalue weighted by molar-refractivity contribution is 7.86. The molecule has 2 aliphatic heterocycles. The molecule has 6 heteroatoms. The predicted molar refractivity (Wildman–Crippen MR) is 53.9 cm³/mol. The van der Waals surface area contributed by atoms with E-state index in [0.29, 0.717) is 26.2 Å². The lowest BCUT2D eigenvalue weighted by Crippen LogP contribution is -2.61. The van der Waals surface area contributed by atoms with E-state index in [1.54, 1.807) is 4.31 Å². The van der Waals surface area contributed by atoms with Gasteiger partial charge in [-0.05, 0) is 12.8 Å². The third-order valence-corrected chi connectivity index (χ3v) is 4.81. The van der Waals surface area contributed by atoms with Crippen LogP contribution in [0.15, 0.2) is 0 Å². The van der Waals surface area contributed by atoms with E-state index in [2.05, 4.69) is 0 Å². The molecule has 0 unspecified atom stereocenters. The van der Waals surface area contributed by atoms with Crippen LogP contribution in [0.25, 0.3) is 0 Å². The molecule has 2 rings (SSSR count). The van der Waals surface area contributed by atoms with Gasteiger partial charge in [0.25, 0.3) is 10.2 Å². The number of piperidine rings is 1. The van der Waals surface area contributed by atoms with E-state index in [1.165, 1.54) is 4.31 Å². The van der Waals surface area contributed by atoms with Gasteiger partial charge in [-0.3, -0.25) is 0 Å². The monoisotopic (exact) mass is 219 g/mol. The number of hydrogen-bond acceptors (Lipinski definition) is 3. The number of nitrogens with two attached hydrogens (primary N) is 1. The van der Waals surface area contributed by atoms with E-state index in [1.807, 2.05) is 0 Å². The Morgan fingerprint density at radius 2 is 1.57 bits per heavy atom. The summed E-state index contributed by atoms with van der Waals surface area (Å²) in [7, 11) is -3.17. The van der Waals surface area contributed by atoms with E-state index < -0.39 is 10.2 Å². The topological polar surface area (TPSA) is 66.6 Å². The average molecular weight is 219 g/mol. The summed E-state index contributed by atoms with van der Waals surface area (Å²) in [5.74, 6) is 0. The van der Waals surface area contributed by atoms with Crippen molar-refractivity contribution in [3.8, 4) is 0 Å². The molecule has 0 saturated carbocycles. The SMILES string of the molecule is NC1CN(S(=O)(=O)N2CCCCC2)C1. The zero-order valence-corrected chi connectivity index (χ0v) is 9.04. The molecule has 14 heavy (non-hydrogen) atoms. The van der Waals surface area contributed by atoms with Gasteiger partial charge >= 0.3 is 0 Å². The lowest BCUT2D eigenvalue weighted by Gasteiger charge is -2.39. The van der Waals surface area contributed by atoms with Gasteiger partial charge in [0.2, 0.25) is 0 Å². The van der Waals surface area contributed by atoms with Crippen molar-refractivity contribution in [2.24, 2.45) is 5.73 Å². The van der Waals surface area contributed by atoms with E-state index in [4.69, 9.17) is 5.73 Å². The highest BCUT2D eigenvalue weighted by Gasteiger charge is 2.37. The fraction of sp³-hybridized carbons (Fsp3) is 1.00. The minimum atomic E-state index is -3.17. The predicted octanol–water partition coefficient (Wildman–Crippen LogP) is -0.640. The Kier molecular flexibility index (Phi) is 2.79. The molecule has 5 nitrogen and oxygen atoms in total. The molecule has 0 amide bonds. The van der Waals surface area contributed by atoms with Gasteiger partial charge in [-0.2, -0.15) is 17.0 Å². The molecular formula is C8H17N3O2S. The van der Waals surface area contributed by atoms with Gasteiger partial charge in [0.05, 0.1) is 0 Å². The van der Waals surface area contributed by atoms with E-state index >= 15 is 0 Å². The Hall–Kier alpha value is -0.170. The molecule has 82 valence electrons. The lowest BCUT2D eigenvalue weighted by atomic mass is 10.2. The molecule has 0 spiro atoms. The normalized spacial score (nSPS) is 27.5. The molecule has 0 atom stereocenters. The van der Waals surface area contributed by atoms with Crippen LogP contribution in [0.4, 0.5) is 0 Å². The highest BCUT2D eigenvalue weighted by atomic mass is 32.2. The molecule has 2 N–H and O–H groups in total. The second kappa shape index (κ2) is 3.77. The minimum absolute atomic E-state index is 0.0366. The summed E-state index contributed by atoms with van der Waals surface area (Å²) in [5.41, 5.74) is 5.57. The van der Waals surface area contributed by atoms with Crippen molar-refractivity contribution in [3.63, 3.8) is 0 Å². The molecule has 2 aliphatic rings. The average Bonchev–Trinajstić information content (AvgIpc) is 2.14. The molecular weight excluding hydrogens is 202 g/mol. The number of nitrogens with zero attached hydrogens (tertiary/aromatic N) is 2. The van der Waals surface area contributed by atoms with Crippen LogP contribution in [0.5, 0.6) is 0 Å². The Balaban J connectivity index is 2.00. The third kappa shape index (κ3) is 1.79. The molecule has 0 radical (unpaired) electrons. The maximum Gasteiger partial charge on any atom is 0.282 e. The standard InChI is InChI=1S/C8H17N3O2S/c9-8-6-11(7-8)14(12,13)10-4-2-1-3-5-10/h8H,1-7,9H2. The van der Waals surface area contributed by atoms with Crippen molar-refractivity contribution in [3.05, 3.63) is 0 Å². The summed E-state index contributed by atoms with van der Waals surface area (Å²) in [6.45, 7) is 2.32. The smallest absolute Gasteiger partial charge is 0.282 e. The van der Waals surface area contributed by atoms with Crippen molar-refractivity contribution >= 4 is 10.2 Å². The highest BCUT2D eigenvalue weighted by Crippen LogP contribution is 2.20. The van der Waals surface area contributed by atoms with Gasteiger partial charge < -0.3 is 5.73 Å². The molecule has 0 bridgehead atoms. The second-order valence-corrected chi connectivity index (χ2v) is 5.97. The lowest BCUT2D eigenvalue weighted by molar-refractivity contribution is 0.231. The Morgan fingerprint density at radius 3 is 2.07 bits per heavy atom. The fourth-order valence-electron chi connectivity index (χ4n) is 1.92. The van der Waals surface area contributed by atoms with Gasteiger partial charge in [-0.25, -0.2) is 0 Å². The minimum Gasteiger partial charge on any atom is -0.325 e. The van der Waals surface area contributed by atoms with Crippen LogP contribution in [-0.2, 0) is 10.2 Å². The van der Waals surface area contributed by atoms with Gasteiger partial charge in [0.1, 0.15) is 0 Å². The van der Waals surface area contributed by atoms with E-state index in [0.717, 1.165) is 19.3 Å². The van der Waals surface area contributed by atoms with Crippen LogP contribution in [0.3, 0.4) is 0 Å². The van der Waals surface area contributed by atoms with Crippen LogP contribution < -0.4 is 5.73 Å². The van der Waals surface area contributed by atoms with Crippen LogP contribution in [-0.4, -0.2) is 49.2 Å². The van der Waals surface area contributed by atoms with Crippen LogP contribution in [0.2, 0.25) is 0 Å². The molecule has 0 aliphatic carbocycles. The van der Waals surface area contributed by atoms with Crippen LogP contribution in [0.1, 0.15) is 19.3 Å².